The standard InChI is InChI=1S/C13H17NO3.C7H9N7/c15-11-8-10(9-17-11)14-7-6-13(12(14)16)4-2-1-3-5-13;1-8-2-6-3-10-7(4-9-6)14-5-11-12-13-14/h8H,1-7,9H2;3-5,8H,2H2,1H3. The number of rotatable bonds is 4. The molecule has 3 aliphatic rings. The van der Waals surface area contributed by atoms with Gasteiger partial charge in [0.1, 0.15) is 12.9 Å². The second kappa shape index (κ2) is 9.29. The molecule has 0 aromatic carbocycles. The lowest BCUT2D eigenvalue weighted by molar-refractivity contribution is -0.138. The van der Waals surface area contributed by atoms with Crippen LogP contribution in [0.5, 0.6) is 0 Å². The van der Waals surface area contributed by atoms with Gasteiger partial charge in [0.25, 0.3) is 0 Å². The number of ether oxygens (including phenoxy) is 1. The maximum Gasteiger partial charge on any atom is 0.333 e. The van der Waals surface area contributed by atoms with Crippen molar-refractivity contribution in [3.63, 3.8) is 0 Å². The third-order valence-corrected chi connectivity index (χ3v) is 5.95. The molecular formula is C20H26N8O3. The number of likely N-dealkylation sites (tertiary alicyclic amines) is 1. The predicted octanol–water partition coefficient (Wildman–Crippen LogP) is 0.782. The first-order valence-corrected chi connectivity index (χ1v) is 10.5. The smallest absolute Gasteiger partial charge is 0.333 e. The largest absolute Gasteiger partial charge is 0.456 e. The summed E-state index contributed by atoms with van der Waals surface area (Å²) in [6, 6.07) is 0. The molecule has 2 aromatic heterocycles. The van der Waals surface area contributed by atoms with Gasteiger partial charge in [0.2, 0.25) is 5.91 Å². The van der Waals surface area contributed by atoms with Gasteiger partial charge in [-0.1, -0.05) is 19.3 Å². The van der Waals surface area contributed by atoms with Gasteiger partial charge < -0.3 is 15.0 Å². The lowest BCUT2D eigenvalue weighted by Crippen LogP contribution is -2.36. The van der Waals surface area contributed by atoms with Gasteiger partial charge in [-0.15, -0.1) is 5.10 Å². The van der Waals surface area contributed by atoms with Crippen LogP contribution in [0, 0.1) is 5.41 Å². The molecule has 5 rings (SSSR count). The topological polar surface area (TPSA) is 128 Å². The monoisotopic (exact) mass is 426 g/mol. The van der Waals surface area contributed by atoms with Crippen LogP contribution in [0.3, 0.4) is 0 Å². The predicted molar refractivity (Wildman–Crippen MR) is 108 cm³/mol. The Bertz CT molecular complexity index is 936. The van der Waals surface area contributed by atoms with Crippen LogP contribution in [0.4, 0.5) is 0 Å². The Morgan fingerprint density at radius 3 is 2.58 bits per heavy atom. The molecule has 0 bridgehead atoms. The Morgan fingerprint density at radius 2 is 1.97 bits per heavy atom. The van der Waals surface area contributed by atoms with E-state index >= 15 is 0 Å². The molecular weight excluding hydrogens is 400 g/mol. The Balaban J connectivity index is 0.000000152. The summed E-state index contributed by atoms with van der Waals surface area (Å²) in [6.45, 7) is 1.71. The van der Waals surface area contributed by atoms with Crippen LogP contribution in [0.1, 0.15) is 44.2 Å². The first-order chi connectivity index (χ1) is 15.1. The van der Waals surface area contributed by atoms with Gasteiger partial charge in [0, 0.05) is 19.2 Å². The fourth-order valence-electron chi connectivity index (χ4n) is 4.31. The van der Waals surface area contributed by atoms with E-state index in [1.165, 1.54) is 23.5 Å². The number of nitrogens with zero attached hydrogens (tertiary/aromatic N) is 7. The van der Waals surface area contributed by atoms with Crippen molar-refractivity contribution in [2.75, 3.05) is 20.2 Å². The van der Waals surface area contributed by atoms with Gasteiger partial charge in [-0.2, -0.15) is 4.68 Å². The Morgan fingerprint density at radius 1 is 1.13 bits per heavy atom. The molecule has 11 heteroatoms. The Labute approximate surface area is 179 Å². The highest BCUT2D eigenvalue weighted by atomic mass is 16.5. The molecule has 0 radical (unpaired) electrons. The van der Waals surface area contributed by atoms with Gasteiger partial charge in [-0.05, 0) is 36.7 Å². The molecule has 1 saturated heterocycles. The van der Waals surface area contributed by atoms with E-state index in [4.69, 9.17) is 4.74 Å². The SMILES string of the molecule is CNCc1cnc(-n2cnnn2)cn1.O=C1C=C(N2CCC3(CCCCC3)C2=O)CO1. The van der Waals surface area contributed by atoms with Gasteiger partial charge in [-0.25, -0.2) is 9.78 Å². The van der Waals surface area contributed by atoms with Crippen LogP contribution in [0.15, 0.2) is 30.5 Å². The molecule has 1 spiro atoms. The summed E-state index contributed by atoms with van der Waals surface area (Å²) in [5.41, 5.74) is 1.51. The van der Waals surface area contributed by atoms with Crippen LogP contribution in [0.25, 0.3) is 5.82 Å². The molecule has 1 amide bonds. The zero-order valence-electron chi connectivity index (χ0n) is 17.5. The van der Waals surface area contributed by atoms with E-state index in [1.807, 2.05) is 7.05 Å². The zero-order chi connectivity index (χ0) is 21.7. The number of hydrogen-bond donors (Lipinski definition) is 1. The average Bonchev–Trinajstić information content (AvgIpc) is 3.53. The molecule has 11 nitrogen and oxygen atoms in total. The number of tetrazole rings is 1. The third kappa shape index (κ3) is 4.61. The van der Waals surface area contributed by atoms with Crippen molar-refractivity contribution < 1.29 is 14.3 Å². The van der Waals surface area contributed by atoms with Crippen molar-refractivity contribution in [1.29, 1.82) is 0 Å². The number of nitrogens with one attached hydrogen (secondary N) is 1. The number of carbonyl (C=O) groups is 2. The first kappa shape index (κ1) is 21.0. The molecule has 0 unspecified atom stereocenters. The second-order valence-electron chi connectivity index (χ2n) is 7.94. The van der Waals surface area contributed by atoms with E-state index in [1.54, 1.807) is 17.3 Å². The second-order valence-corrected chi connectivity index (χ2v) is 7.94. The molecule has 31 heavy (non-hydrogen) atoms. The number of amides is 1. The number of carbonyl (C=O) groups excluding carboxylic acids is 2. The van der Waals surface area contributed by atoms with Crippen LogP contribution in [0.2, 0.25) is 0 Å². The summed E-state index contributed by atoms with van der Waals surface area (Å²) < 4.78 is 6.33. The van der Waals surface area contributed by atoms with Crippen LogP contribution in [-0.2, 0) is 20.9 Å². The minimum Gasteiger partial charge on any atom is -0.456 e. The highest BCUT2D eigenvalue weighted by Crippen LogP contribution is 2.45. The quantitative estimate of drug-likeness (QED) is 0.705. The lowest BCUT2D eigenvalue weighted by Gasteiger charge is -2.31. The molecule has 2 aliphatic heterocycles. The van der Waals surface area contributed by atoms with E-state index in [9.17, 15) is 9.59 Å². The lowest BCUT2D eigenvalue weighted by atomic mass is 9.73. The third-order valence-electron chi connectivity index (χ3n) is 5.95. The van der Waals surface area contributed by atoms with Crippen molar-refractivity contribution in [3.05, 3.63) is 36.2 Å². The fourth-order valence-corrected chi connectivity index (χ4v) is 4.31. The van der Waals surface area contributed by atoms with E-state index in [-0.39, 0.29) is 23.9 Å². The molecule has 1 aliphatic carbocycles. The Hall–Kier alpha value is -3.21. The van der Waals surface area contributed by atoms with Gasteiger partial charge in [-0.3, -0.25) is 9.78 Å². The summed E-state index contributed by atoms with van der Waals surface area (Å²) in [6.07, 6.45) is 12.8. The van der Waals surface area contributed by atoms with Crippen LogP contribution < -0.4 is 5.32 Å². The average molecular weight is 426 g/mol. The molecule has 2 fully saturated rings. The van der Waals surface area contributed by atoms with E-state index in [0.717, 1.165) is 50.0 Å². The maximum absolute atomic E-state index is 12.5. The van der Waals surface area contributed by atoms with E-state index < -0.39 is 0 Å². The van der Waals surface area contributed by atoms with E-state index in [0.29, 0.717) is 12.4 Å². The zero-order valence-corrected chi connectivity index (χ0v) is 17.5. The minimum atomic E-state index is -0.322. The highest BCUT2D eigenvalue weighted by molar-refractivity contribution is 5.90. The van der Waals surface area contributed by atoms with Gasteiger partial charge in [0.05, 0.1) is 29.2 Å². The summed E-state index contributed by atoms with van der Waals surface area (Å²) in [5.74, 6) is 0.508. The normalized spacial score (nSPS) is 19.8. The van der Waals surface area contributed by atoms with Crippen molar-refractivity contribution in [2.45, 2.75) is 45.1 Å². The van der Waals surface area contributed by atoms with Gasteiger partial charge in [0.15, 0.2) is 5.82 Å². The molecule has 1 N–H and O–H groups in total. The fraction of sp³-hybridized carbons (Fsp3) is 0.550. The van der Waals surface area contributed by atoms with Crippen LogP contribution in [-0.4, -0.2) is 67.2 Å². The van der Waals surface area contributed by atoms with Crippen molar-refractivity contribution in [1.82, 2.24) is 40.4 Å². The number of aromatic nitrogens is 6. The highest BCUT2D eigenvalue weighted by Gasteiger charge is 2.48. The molecule has 0 atom stereocenters. The van der Waals surface area contributed by atoms with E-state index in [2.05, 4.69) is 30.8 Å². The van der Waals surface area contributed by atoms with Crippen molar-refractivity contribution in [3.8, 4) is 5.82 Å². The number of cyclic esters (lactones) is 1. The van der Waals surface area contributed by atoms with Crippen LogP contribution >= 0.6 is 0 Å². The van der Waals surface area contributed by atoms with Crippen molar-refractivity contribution in [2.24, 2.45) is 5.41 Å². The first-order valence-electron chi connectivity index (χ1n) is 10.5. The molecule has 2 aromatic rings. The Kier molecular flexibility index (Phi) is 6.31. The summed E-state index contributed by atoms with van der Waals surface area (Å²) >= 11 is 0. The number of hydrogen-bond acceptors (Lipinski definition) is 9. The number of esters is 1. The van der Waals surface area contributed by atoms with Gasteiger partial charge >= 0.3 is 5.97 Å². The molecule has 1 saturated carbocycles. The molecule has 164 valence electrons. The molecule has 4 heterocycles. The minimum absolute atomic E-state index is 0.120. The summed E-state index contributed by atoms with van der Waals surface area (Å²) in [5, 5.41) is 13.7. The summed E-state index contributed by atoms with van der Waals surface area (Å²) in [7, 11) is 1.86. The van der Waals surface area contributed by atoms with Crippen molar-refractivity contribution >= 4 is 11.9 Å². The maximum atomic E-state index is 12.5. The summed E-state index contributed by atoms with van der Waals surface area (Å²) in [4.78, 5) is 33.7.